The van der Waals surface area contributed by atoms with Gasteiger partial charge in [-0.25, -0.2) is 9.59 Å². The molecule has 0 fully saturated rings. The fourth-order valence-corrected chi connectivity index (χ4v) is 2.32. The second-order valence-corrected chi connectivity index (χ2v) is 4.99. The lowest BCUT2D eigenvalue weighted by Gasteiger charge is -2.10. The molecule has 3 aromatic rings. The third-order valence-electron chi connectivity index (χ3n) is 3.39. The number of aromatic nitrogens is 1. The van der Waals surface area contributed by atoms with Crippen LogP contribution in [0, 0.1) is 6.92 Å². The lowest BCUT2D eigenvalue weighted by molar-refractivity contribution is 0.287. The van der Waals surface area contributed by atoms with Crippen LogP contribution in [0.5, 0.6) is 5.75 Å². The number of fused-ring (bicyclic) bond motifs is 1. The van der Waals surface area contributed by atoms with Gasteiger partial charge in [-0.3, -0.25) is 4.57 Å². The smallest absolute Gasteiger partial charge is 0.422 e. The van der Waals surface area contributed by atoms with Crippen molar-refractivity contribution >= 4 is 10.9 Å². The zero-order valence-electron chi connectivity index (χ0n) is 12.1. The van der Waals surface area contributed by atoms with Gasteiger partial charge in [-0.1, -0.05) is 29.8 Å². The van der Waals surface area contributed by atoms with Crippen LogP contribution in [-0.4, -0.2) is 11.2 Å². The minimum absolute atomic E-state index is 0.303. The van der Waals surface area contributed by atoms with E-state index in [0.717, 1.165) is 11.3 Å². The Labute approximate surface area is 126 Å². The highest BCUT2D eigenvalue weighted by molar-refractivity contribution is 5.78. The number of para-hydroxylation sites is 1. The van der Waals surface area contributed by atoms with E-state index in [-0.39, 0.29) is 0 Å². The fraction of sp³-hybridized carbons (Fsp3) is 0.176. The van der Waals surface area contributed by atoms with Gasteiger partial charge in [-0.15, -0.1) is 0 Å². The van der Waals surface area contributed by atoms with Crippen molar-refractivity contribution in [2.45, 2.75) is 13.5 Å². The van der Waals surface area contributed by atoms with Crippen LogP contribution in [0.3, 0.4) is 0 Å². The Bertz CT molecular complexity index is 909. The molecule has 3 rings (SSSR count). The van der Waals surface area contributed by atoms with Gasteiger partial charge in [-0.2, -0.15) is 0 Å². The first-order valence-corrected chi connectivity index (χ1v) is 6.97. The Morgan fingerprint density at radius 3 is 2.64 bits per heavy atom. The second kappa shape index (κ2) is 5.89. The van der Waals surface area contributed by atoms with Gasteiger partial charge in [0.2, 0.25) is 0 Å². The minimum Gasteiger partial charge on any atom is -0.492 e. The predicted octanol–water partition coefficient (Wildman–Crippen LogP) is 2.34. The molecule has 0 N–H and O–H groups in total. The summed E-state index contributed by atoms with van der Waals surface area (Å²) in [5, 5.41) is 0.402. The topological polar surface area (TPSA) is 61.4 Å². The summed E-state index contributed by atoms with van der Waals surface area (Å²) >= 11 is 0. The van der Waals surface area contributed by atoms with Crippen LogP contribution in [-0.2, 0) is 6.54 Å². The van der Waals surface area contributed by atoms with Crippen LogP contribution < -0.4 is 16.1 Å². The molecule has 0 radical (unpaired) electrons. The minimum atomic E-state index is -0.669. The molecule has 2 aromatic carbocycles. The average molecular weight is 297 g/mol. The van der Waals surface area contributed by atoms with Gasteiger partial charge in [0.15, 0.2) is 0 Å². The summed E-state index contributed by atoms with van der Waals surface area (Å²) in [5.41, 5.74) is 0.887. The summed E-state index contributed by atoms with van der Waals surface area (Å²) in [5.74, 6) is 0.0612. The van der Waals surface area contributed by atoms with Crippen LogP contribution in [0.1, 0.15) is 5.56 Å². The lowest BCUT2D eigenvalue weighted by Crippen LogP contribution is -2.27. The first-order valence-electron chi connectivity index (χ1n) is 6.97. The molecule has 1 aromatic heterocycles. The van der Waals surface area contributed by atoms with Gasteiger partial charge in [0, 0.05) is 0 Å². The SMILES string of the molecule is Cc1ccc2c(c1)c(=O)oc(=O)n2CCOc1ccccc1. The summed E-state index contributed by atoms with van der Waals surface area (Å²) < 4.78 is 11.8. The highest BCUT2D eigenvalue weighted by Gasteiger charge is 2.09. The van der Waals surface area contributed by atoms with E-state index in [4.69, 9.17) is 9.15 Å². The van der Waals surface area contributed by atoms with Gasteiger partial charge in [0.05, 0.1) is 17.4 Å². The van der Waals surface area contributed by atoms with Gasteiger partial charge in [0.25, 0.3) is 0 Å². The summed E-state index contributed by atoms with van der Waals surface area (Å²) in [6, 6.07) is 14.7. The fourth-order valence-electron chi connectivity index (χ4n) is 2.32. The van der Waals surface area contributed by atoms with Crippen molar-refractivity contribution in [3.05, 3.63) is 75.1 Å². The van der Waals surface area contributed by atoms with E-state index < -0.39 is 11.4 Å². The van der Waals surface area contributed by atoms with Crippen LogP contribution in [0.25, 0.3) is 10.9 Å². The summed E-state index contributed by atoms with van der Waals surface area (Å²) in [6.45, 7) is 2.49. The number of ether oxygens (including phenoxy) is 1. The second-order valence-electron chi connectivity index (χ2n) is 4.99. The summed E-state index contributed by atoms with van der Waals surface area (Å²) in [7, 11) is 0. The van der Waals surface area contributed by atoms with Crippen molar-refractivity contribution in [1.29, 1.82) is 0 Å². The normalized spacial score (nSPS) is 10.8. The Balaban J connectivity index is 1.90. The largest absolute Gasteiger partial charge is 0.492 e. The predicted molar refractivity (Wildman–Crippen MR) is 83.4 cm³/mol. The van der Waals surface area contributed by atoms with E-state index in [0.29, 0.717) is 24.1 Å². The third-order valence-corrected chi connectivity index (χ3v) is 3.39. The maximum Gasteiger partial charge on any atom is 0.422 e. The average Bonchev–Trinajstić information content (AvgIpc) is 2.52. The molecule has 0 bridgehead atoms. The zero-order valence-corrected chi connectivity index (χ0v) is 12.1. The van der Waals surface area contributed by atoms with Crippen molar-refractivity contribution in [3.63, 3.8) is 0 Å². The summed E-state index contributed by atoms with van der Waals surface area (Å²) in [6.07, 6.45) is 0. The molecule has 0 saturated heterocycles. The van der Waals surface area contributed by atoms with E-state index in [1.54, 1.807) is 12.1 Å². The number of hydrogen-bond acceptors (Lipinski definition) is 4. The van der Waals surface area contributed by atoms with Crippen molar-refractivity contribution in [1.82, 2.24) is 4.57 Å². The van der Waals surface area contributed by atoms with Gasteiger partial charge < -0.3 is 9.15 Å². The molecule has 0 aliphatic heterocycles. The van der Waals surface area contributed by atoms with Gasteiger partial charge in [-0.05, 0) is 31.2 Å². The molecule has 112 valence electrons. The molecule has 0 amide bonds. The maximum absolute atomic E-state index is 11.9. The number of aryl methyl sites for hydroxylation is 1. The first-order chi connectivity index (χ1) is 10.6. The van der Waals surface area contributed by atoms with Crippen LogP contribution >= 0.6 is 0 Å². The number of benzene rings is 2. The Morgan fingerprint density at radius 2 is 1.86 bits per heavy atom. The Hall–Kier alpha value is -2.82. The number of rotatable bonds is 4. The first kappa shape index (κ1) is 14.1. The Morgan fingerprint density at radius 1 is 1.09 bits per heavy atom. The molecule has 0 saturated carbocycles. The van der Waals surface area contributed by atoms with Crippen LogP contribution in [0.4, 0.5) is 0 Å². The quantitative estimate of drug-likeness (QED) is 0.741. The van der Waals surface area contributed by atoms with Crippen LogP contribution in [0.15, 0.2) is 62.5 Å². The monoisotopic (exact) mass is 297 g/mol. The molecule has 0 spiro atoms. The summed E-state index contributed by atoms with van der Waals surface area (Å²) in [4.78, 5) is 23.7. The van der Waals surface area contributed by atoms with E-state index >= 15 is 0 Å². The van der Waals surface area contributed by atoms with Gasteiger partial charge >= 0.3 is 11.4 Å². The third kappa shape index (κ3) is 2.79. The van der Waals surface area contributed by atoms with Crippen molar-refractivity contribution in [3.8, 4) is 5.75 Å². The van der Waals surface area contributed by atoms with Gasteiger partial charge in [0.1, 0.15) is 12.4 Å². The van der Waals surface area contributed by atoms with E-state index in [2.05, 4.69) is 0 Å². The standard InChI is InChI=1S/C17H15NO4/c1-12-7-8-15-14(11-12)16(19)22-17(20)18(15)9-10-21-13-5-3-2-4-6-13/h2-8,11H,9-10H2,1H3. The van der Waals surface area contributed by atoms with E-state index in [1.807, 2.05) is 43.3 Å². The maximum atomic E-state index is 11.9. The molecular formula is C17H15NO4. The van der Waals surface area contributed by atoms with Crippen LogP contribution in [0.2, 0.25) is 0 Å². The van der Waals surface area contributed by atoms with Crippen molar-refractivity contribution in [2.75, 3.05) is 6.61 Å². The number of hydrogen-bond donors (Lipinski definition) is 0. The zero-order chi connectivity index (χ0) is 15.5. The number of nitrogens with zero attached hydrogens (tertiary/aromatic N) is 1. The molecular weight excluding hydrogens is 282 g/mol. The molecule has 0 aliphatic carbocycles. The molecule has 22 heavy (non-hydrogen) atoms. The molecule has 5 nitrogen and oxygen atoms in total. The Kier molecular flexibility index (Phi) is 3.78. The van der Waals surface area contributed by atoms with E-state index in [9.17, 15) is 9.59 Å². The highest BCUT2D eigenvalue weighted by atomic mass is 16.5. The van der Waals surface area contributed by atoms with E-state index in [1.165, 1.54) is 4.57 Å². The van der Waals surface area contributed by atoms with Crippen molar-refractivity contribution < 1.29 is 9.15 Å². The molecule has 0 unspecified atom stereocenters. The highest BCUT2D eigenvalue weighted by Crippen LogP contribution is 2.12. The molecule has 0 atom stereocenters. The molecule has 5 heteroatoms. The molecule has 0 aliphatic rings. The van der Waals surface area contributed by atoms with Crippen molar-refractivity contribution in [2.24, 2.45) is 0 Å². The molecule has 1 heterocycles. The lowest BCUT2D eigenvalue weighted by atomic mass is 10.2.